The molecule has 0 aliphatic carbocycles. The van der Waals surface area contributed by atoms with Crippen LogP contribution in [0.5, 0.6) is 0 Å². The number of hydrogen-bond acceptors (Lipinski definition) is 4. The van der Waals surface area contributed by atoms with E-state index in [1.54, 1.807) is 11.7 Å². The lowest BCUT2D eigenvalue weighted by Gasteiger charge is -2.21. The van der Waals surface area contributed by atoms with Gasteiger partial charge in [0.2, 0.25) is 0 Å². The van der Waals surface area contributed by atoms with Crippen LogP contribution in [0.3, 0.4) is 0 Å². The van der Waals surface area contributed by atoms with E-state index in [0.29, 0.717) is 12.6 Å². The Morgan fingerprint density at radius 3 is 2.84 bits per heavy atom. The molecule has 1 fully saturated rings. The number of carboxylic acids is 1. The summed E-state index contributed by atoms with van der Waals surface area (Å²) in [6.45, 7) is 6.04. The van der Waals surface area contributed by atoms with Crippen molar-refractivity contribution in [2.45, 2.75) is 32.4 Å². The van der Waals surface area contributed by atoms with Gasteiger partial charge in [0.25, 0.3) is 0 Å². The lowest BCUT2D eigenvalue weighted by molar-refractivity contribution is 0.0695. The van der Waals surface area contributed by atoms with E-state index in [1.807, 2.05) is 0 Å². The molecular formula is C13H22N4O2. The number of likely N-dealkylation sites (tertiary alicyclic amines) is 1. The van der Waals surface area contributed by atoms with Gasteiger partial charge in [-0.05, 0) is 32.9 Å². The molecule has 1 aromatic heterocycles. The van der Waals surface area contributed by atoms with E-state index in [9.17, 15) is 4.79 Å². The predicted molar refractivity (Wildman–Crippen MR) is 72.1 cm³/mol. The van der Waals surface area contributed by atoms with Gasteiger partial charge in [-0.2, -0.15) is 5.10 Å². The SMILES string of the molecule is CC(CN1CCCC1)NCc1c(C(=O)O)cnn1C. The highest BCUT2D eigenvalue weighted by molar-refractivity contribution is 5.88. The van der Waals surface area contributed by atoms with Crippen molar-refractivity contribution >= 4 is 5.97 Å². The van der Waals surface area contributed by atoms with Gasteiger partial charge in [0.1, 0.15) is 5.56 Å². The van der Waals surface area contributed by atoms with Crippen LogP contribution in [-0.2, 0) is 13.6 Å². The number of nitrogens with one attached hydrogen (secondary N) is 1. The van der Waals surface area contributed by atoms with Crippen molar-refractivity contribution in [3.05, 3.63) is 17.5 Å². The van der Waals surface area contributed by atoms with Crippen LogP contribution in [0, 0.1) is 0 Å². The first-order valence-corrected chi connectivity index (χ1v) is 6.78. The molecule has 0 bridgehead atoms. The van der Waals surface area contributed by atoms with Crippen molar-refractivity contribution in [1.29, 1.82) is 0 Å². The molecule has 106 valence electrons. The molecule has 1 saturated heterocycles. The molecule has 1 aromatic rings. The van der Waals surface area contributed by atoms with Crippen molar-refractivity contribution in [2.24, 2.45) is 7.05 Å². The molecule has 2 N–H and O–H groups in total. The quantitative estimate of drug-likeness (QED) is 0.793. The predicted octanol–water partition coefficient (Wildman–Crippen LogP) is 0.692. The smallest absolute Gasteiger partial charge is 0.339 e. The lowest BCUT2D eigenvalue weighted by atomic mass is 10.2. The molecule has 2 rings (SSSR count). The third kappa shape index (κ3) is 3.54. The van der Waals surface area contributed by atoms with Crippen molar-refractivity contribution < 1.29 is 9.90 Å². The zero-order chi connectivity index (χ0) is 13.8. The number of aryl methyl sites for hydroxylation is 1. The van der Waals surface area contributed by atoms with Gasteiger partial charge in [-0.3, -0.25) is 4.68 Å². The van der Waals surface area contributed by atoms with Crippen LogP contribution in [0.15, 0.2) is 6.20 Å². The third-order valence-electron chi connectivity index (χ3n) is 3.64. The molecule has 1 aliphatic heterocycles. The summed E-state index contributed by atoms with van der Waals surface area (Å²) in [4.78, 5) is 13.5. The van der Waals surface area contributed by atoms with Gasteiger partial charge in [-0.15, -0.1) is 0 Å². The van der Waals surface area contributed by atoms with Crippen LogP contribution in [0.4, 0.5) is 0 Å². The minimum atomic E-state index is -0.919. The number of carboxylic acid groups (broad SMARTS) is 1. The molecule has 1 unspecified atom stereocenters. The van der Waals surface area contributed by atoms with Gasteiger partial charge in [-0.1, -0.05) is 0 Å². The summed E-state index contributed by atoms with van der Waals surface area (Å²) in [6.07, 6.45) is 3.99. The van der Waals surface area contributed by atoms with Crippen LogP contribution >= 0.6 is 0 Å². The molecule has 0 saturated carbocycles. The van der Waals surface area contributed by atoms with Crippen molar-refractivity contribution in [1.82, 2.24) is 20.0 Å². The Kier molecular flexibility index (Phi) is 4.55. The minimum Gasteiger partial charge on any atom is -0.478 e. The summed E-state index contributed by atoms with van der Waals surface area (Å²) in [7, 11) is 1.77. The maximum atomic E-state index is 11.1. The topological polar surface area (TPSA) is 70.4 Å². The van der Waals surface area contributed by atoms with E-state index in [1.165, 1.54) is 32.1 Å². The zero-order valence-electron chi connectivity index (χ0n) is 11.6. The molecule has 0 aromatic carbocycles. The summed E-state index contributed by atoms with van der Waals surface area (Å²) in [5.74, 6) is -0.919. The number of nitrogens with zero attached hydrogens (tertiary/aromatic N) is 3. The standard InChI is InChI=1S/C13H22N4O2/c1-10(9-17-5-3-4-6-17)14-8-12-11(13(18)19)7-15-16(12)2/h7,10,14H,3-6,8-9H2,1-2H3,(H,18,19). The van der Waals surface area contributed by atoms with Crippen molar-refractivity contribution in [3.63, 3.8) is 0 Å². The molecule has 0 amide bonds. The zero-order valence-corrected chi connectivity index (χ0v) is 11.6. The number of aromatic carboxylic acids is 1. The number of hydrogen-bond donors (Lipinski definition) is 2. The van der Waals surface area contributed by atoms with E-state index in [4.69, 9.17) is 5.11 Å². The molecular weight excluding hydrogens is 244 g/mol. The Hall–Kier alpha value is -1.40. The fraction of sp³-hybridized carbons (Fsp3) is 0.692. The number of aromatic nitrogens is 2. The highest BCUT2D eigenvalue weighted by Gasteiger charge is 2.17. The maximum absolute atomic E-state index is 11.1. The van der Waals surface area contributed by atoms with Gasteiger partial charge in [0, 0.05) is 26.2 Å². The largest absolute Gasteiger partial charge is 0.478 e. The monoisotopic (exact) mass is 266 g/mol. The second kappa shape index (κ2) is 6.16. The highest BCUT2D eigenvalue weighted by atomic mass is 16.4. The van der Waals surface area contributed by atoms with Gasteiger partial charge in [-0.25, -0.2) is 4.79 Å². The lowest BCUT2D eigenvalue weighted by Crippen LogP contribution is -2.38. The van der Waals surface area contributed by atoms with E-state index in [-0.39, 0.29) is 5.56 Å². The number of carbonyl (C=O) groups is 1. The van der Waals surface area contributed by atoms with Crippen LogP contribution in [0.2, 0.25) is 0 Å². The molecule has 1 atom stereocenters. The summed E-state index contributed by atoms with van der Waals surface area (Å²) in [5, 5.41) is 16.5. The van der Waals surface area contributed by atoms with Crippen LogP contribution in [0.25, 0.3) is 0 Å². The van der Waals surface area contributed by atoms with E-state index >= 15 is 0 Å². The van der Waals surface area contributed by atoms with Crippen molar-refractivity contribution in [2.75, 3.05) is 19.6 Å². The van der Waals surface area contributed by atoms with E-state index in [2.05, 4.69) is 22.2 Å². The van der Waals surface area contributed by atoms with E-state index in [0.717, 1.165) is 12.2 Å². The third-order valence-corrected chi connectivity index (χ3v) is 3.64. The Morgan fingerprint density at radius 1 is 1.53 bits per heavy atom. The second-order valence-corrected chi connectivity index (χ2v) is 5.22. The average Bonchev–Trinajstić information content (AvgIpc) is 2.96. The Morgan fingerprint density at radius 2 is 2.21 bits per heavy atom. The molecule has 6 nitrogen and oxygen atoms in total. The molecule has 1 aliphatic rings. The fourth-order valence-corrected chi connectivity index (χ4v) is 2.54. The molecule has 0 radical (unpaired) electrons. The summed E-state index contributed by atoms with van der Waals surface area (Å²) < 4.78 is 1.62. The van der Waals surface area contributed by atoms with Gasteiger partial charge in [0.05, 0.1) is 11.9 Å². The molecule has 2 heterocycles. The first kappa shape index (κ1) is 14.0. The van der Waals surface area contributed by atoms with Crippen molar-refractivity contribution in [3.8, 4) is 0 Å². The van der Waals surface area contributed by atoms with Crippen LogP contribution < -0.4 is 5.32 Å². The first-order valence-electron chi connectivity index (χ1n) is 6.78. The summed E-state index contributed by atoms with van der Waals surface area (Å²) in [6, 6.07) is 0.342. The summed E-state index contributed by atoms with van der Waals surface area (Å²) >= 11 is 0. The first-order chi connectivity index (χ1) is 9.08. The average molecular weight is 266 g/mol. The van der Waals surface area contributed by atoms with Gasteiger partial charge >= 0.3 is 5.97 Å². The van der Waals surface area contributed by atoms with Crippen LogP contribution in [-0.4, -0.2) is 51.4 Å². The minimum absolute atomic E-state index is 0.281. The molecule has 0 spiro atoms. The van der Waals surface area contributed by atoms with Crippen LogP contribution in [0.1, 0.15) is 35.8 Å². The Balaban J connectivity index is 1.87. The Labute approximate surface area is 113 Å². The highest BCUT2D eigenvalue weighted by Crippen LogP contribution is 2.09. The normalized spacial score (nSPS) is 17.8. The Bertz CT molecular complexity index is 438. The van der Waals surface area contributed by atoms with Gasteiger partial charge < -0.3 is 15.3 Å². The second-order valence-electron chi connectivity index (χ2n) is 5.22. The number of rotatable bonds is 6. The fourth-order valence-electron chi connectivity index (χ4n) is 2.54. The van der Waals surface area contributed by atoms with E-state index < -0.39 is 5.97 Å². The molecule has 19 heavy (non-hydrogen) atoms. The molecule has 6 heteroatoms. The maximum Gasteiger partial charge on any atom is 0.339 e. The van der Waals surface area contributed by atoms with Gasteiger partial charge in [0.15, 0.2) is 0 Å². The summed E-state index contributed by atoms with van der Waals surface area (Å²) in [5.41, 5.74) is 1.00.